The first-order chi connectivity index (χ1) is 10.0. The Labute approximate surface area is 126 Å². The number of hydrogen-bond acceptors (Lipinski definition) is 4. The molecular formula is C15H23NO4S. The maximum absolute atomic E-state index is 12.3. The Hall–Kier alpha value is -1.11. The lowest BCUT2D eigenvalue weighted by Gasteiger charge is -2.12. The van der Waals surface area contributed by atoms with Crippen LogP contribution in [0.15, 0.2) is 23.1 Å². The van der Waals surface area contributed by atoms with E-state index in [2.05, 4.69) is 11.6 Å². The van der Waals surface area contributed by atoms with Crippen LogP contribution in [0.3, 0.4) is 0 Å². The molecule has 118 valence electrons. The van der Waals surface area contributed by atoms with Crippen LogP contribution in [0.4, 0.5) is 0 Å². The van der Waals surface area contributed by atoms with E-state index in [4.69, 9.17) is 4.74 Å². The molecule has 0 aromatic heterocycles. The van der Waals surface area contributed by atoms with Gasteiger partial charge in [-0.25, -0.2) is 13.1 Å². The third-order valence-corrected chi connectivity index (χ3v) is 5.22. The zero-order valence-corrected chi connectivity index (χ0v) is 13.3. The van der Waals surface area contributed by atoms with E-state index in [0.717, 1.165) is 19.3 Å². The van der Waals surface area contributed by atoms with Gasteiger partial charge in [0.05, 0.1) is 18.1 Å². The molecule has 6 heteroatoms. The maximum Gasteiger partial charge on any atom is 0.240 e. The Balaban J connectivity index is 2.15. The first kappa shape index (κ1) is 16.3. The van der Waals surface area contributed by atoms with E-state index >= 15 is 0 Å². The van der Waals surface area contributed by atoms with Gasteiger partial charge in [-0.3, -0.25) is 0 Å². The summed E-state index contributed by atoms with van der Waals surface area (Å²) in [6, 6.07) is 4.67. The van der Waals surface area contributed by atoms with Crippen molar-refractivity contribution < 1.29 is 18.3 Å². The predicted molar refractivity (Wildman–Crippen MR) is 80.7 cm³/mol. The molecule has 2 N–H and O–H groups in total. The normalized spacial score (nSPS) is 21.3. The Morgan fingerprint density at radius 3 is 2.71 bits per heavy atom. The Kier molecular flexibility index (Phi) is 5.24. The minimum absolute atomic E-state index is 0.0496. The SMILES string of the molecule is CCCOc1ccc(S(=O)(=O)NC2CC2CC)cc1CO. The lowest BCUT2D eigenvalue weighted by molar-refractivity contribution is 0.262. The van der Waals surface area contributed by atoms with E-state index < -0.39 is 10.0 Å². The van der Waals surface area contributed by atoms with E-state index in [9.17, 15) is 13.5 Å². The van der Waals surface area contributed by atoms with Crippen LogP contribution in [0.1, 0.15) is 38.7 Å². The molecule has 1 saturated carbocycles. The molecule has 2 unspecified atom stereocenters. The highest BCUT2D eigenvalue weighted by atomic mass is 32.2. The lowest BCUT2D eigenvalue weighted by Crippen LogP contribution is -2.27. The largest absolute Gasteiger partial charge is 0.493 e. The summed E-state index contributed by atoms with van der Waals surface area (Å²) >= 11 is 0. The highest BCUT2D eigenvalue weighted by Gasteiger charge is 2.38. The highest BCUT2D eigenvalue weighted by Crippen LogP contribution is 2.34. The van der Waals surface area contributed by atoms with Crippen molar-refractivity contribution >= 4 is 10.0 Å². The molecule has 5 nitrogen and oxygen atoms in total. The molecule has 0 spiro atoms. The number of aliphatic hydroxyl groups excluding tert-OH is 1. The fourth-order valence-corrected chi connectivity index (χ4v) is 3.68. The van der Waals surface area contributed by atoms with Gasteiger partial charge in [0.1, 0.15) is 5.75 Å². The van der Waals surface area contributed by atoms with Gasteiger partial charge < -0.3 is 9.84 Å². The van der Waals surface area contributed by atoms with Crippen LogP contribution in [0.5, 0.6) is 5.75 Å². The molecule has 1 aromatic carbocycles. The topological polar surface area (TPSA) is 75.6 Å². The molecule has 1 aromatic rings. The molecule has 1 aliphatic rings. The first-order valence-corrected chi connectivity index (χ1v) is 8.89. The highest BCUT2D eigenvalue weighted by molar-refractivity contribution is 7.89. The third kappa shape index (κ3) is 3.96. The summed E-state index contributed by atoms with van der Waals surface area (Å²) in [6.45, 7) is 4.34. The van der Waals surface area contributed by atoms with E-state index in [1.165, 1.54) is 12.1 Å². The van der Waals surface area contributed by atoms with Crippen molar-refractivity contribution in [3.05, 3.63) is 23.8 Å². The molecule has 1 fully saturated rings. The maximum atomic E-state index is 12.3. The average molecular weight is 313 g/mol. The van der Waals surface area contributed by atoms with Crippen molar-refractivity contribution in [2.75, 3.05) is 6.61 Å². The monoisotopic (exact) mass is 313 g/mol. The fourth-order valence-electron chi connectivity index (χ4n) is 2.31. The quantitative estimate of drug-likeness (QED) is 0.770. The second kappa shape index (κ2) is 6.77. The standard InChI is InChI=1S/C15H23NO4S/c1-3-7-20-15-6-5-13(8-12(15)10-17)21(18,19)16-14-9-11(14)4-2/h5-6,8,11,14,16-17H,3-4,7,9-10H2,1-2H3. The van der Waals surface area contributed by atoms with Gasteiger partial charge in [-0.2, -0.15) is 0 Å². The van der Waals surface area contributed by atoms with Gasteiger partial charge in [0.15, 0.2) is 0 Å². The van der Waals surface area contributed by atoms with Crippen molar-refractivity contribution in [1.82, 2.24) is 4.72 Å². The summed E-state index contributed by atoms with van der Waals surface area (Å²) in [5, 5.41) is 9.39. The Morgan fingerprint density at radius 2 is 2.14 bits per heavy atom. The molecule has 0 radical (unpaired) electrons. The van der Waals surface area contributed by atoms with Crippen LogP contribution in [-0.2, 0) is 16.6 Å². The number of ether oxygens (including phenoxy) is 1. The zero-order valence-electron chi connectivity index (χ0n) is 12.5. The van der Waals surface area contributed by atoms with Gasteiger partial charge in [-0.1, -0.05) is 20.3 Å². The summed E-state index contributed by atoms with van der Waals surface area (Å²) in [5.41, 5.74) is 0.495. The number of nitrogens with one attached hydrogen (secondary N) is 1. The number of rotatable bonds is 8. The minimum Gasteiger partial charge on any atom is -0.493 e. The summed E-state index contributed by atoms with van der Waals surface area (Å²) in [5.74, 6) is 0.986. The molecule has 0 amide bonds. The van der Waals surface area contributed by atoms with Crippen LogP contribution in [0, 0.1) is 5.92 Å². The van der Waals surface area contributed by atoms with Gasteiger partial charge in [0.2, 0.25) is 10.0 Å². The second-order valence-electron chi connectivity index (χ2n) is 5.41. The molecule has 2 rings (SSSR count). The van der Waals surface area contributed by atoms with Crippen LogP contribution in [0.2, 0.25) is 0 Å². The Morgan fingerprint density at radius 1 is 1.38 bits per heavy atom. The molecule has 21 heavy (non-hydrogen) atoms. The van der Waals surface area contributed by atoms with Crippen molar-refractivity contribution in [2.45, 2.75) is 50.7 Å². The zero-order chi connectivity index (χ0) is 15.5. The molecule has 0 bridgehead atoms. The van der Waals surface area contributed by atoms with Crippen LogP contribution in [0.25, 0.3) is 0 Å². The minimum atomic E-state index is -3.53. The van der Waals surface area contributed by atoms with Gasteiger partial charge in [-0.15, -0.1) is 0 Å². The molecule has 0 heterocycles. The number of sulfonamides is 1. The Bertz CT molecular complexity index is 585. The van der Waals surface area contributed by atoms with E-state index in [1.807, 2.05) is 6.92 Å². The van der Waals surface area contributed by atoms with E-state index in [1.54, 1.807) is 6.07 Å². The van der Waals surface area contributed by atoms with E-state index in [-0.39, 0.29) is 17.5 Å². The smallest absolute Gasteiger partial charge is 0.240 e. The number of aliphatic hydroxyl groups is 1. The average Bonchev–Trinajstić information content (AvgIpc) is 3.22. The first-order valence-electron chi connectivity index (χ1n) is 7.40. The van der Waals surface area contributed by atoms with Crippen LogP contribution in [-0.4, -0.2) is 26.2 Å². The van der Waals surface area contributed by atoms with Crippen molar-refractivity contribution in [1.29, 1.82) is 0 Å². The molecule has 0 aliphatic heterocycles. The van der Waals surface area contributed by atoms with Crippen molar-refractivity contribution in [2.24, 2.45) is 5.92 Å². The number of benzene rings is 1. The summed E-state index contributed by atoms with van der Waals surface area (Å²) in [4.78, 5) is 0.178. The summed E-state index contributed by atoms with van der Waals surface area (Å²) in [7, 11) is -3.53. The lowest BCUT2D eigenvalue weighted by atomic mass is 10.2. The van der Waals surface area contributed by atoms with Crippen molar-refractivity contribution in [3.63, 3.8) is 0 Å². The summed E-state index contributed by atoms with van der Waals surface area (Å²) < 4.78 is 32.8. The van der Waals surface area contributed by atoms with Crippen LogP contribution < -0.4 is 9.46 Å². The molecule has 0 saturated heterocycles. The third-order valence-electron chi connectivity index (χ3n) is 3.73. The van der Waals surface area contributed by atoms with Gasteiger partial charge >= 0.3 is 0 Å². The van der Waals surface area contributed by atoms with Gasteiger partial charge in [-0.05, 0) is 37.0 Å². The second-order valence-corrected chi connectivity index (χ2v) is 7.12. The van der Waals surface area contributed by atoms with Gasteiger partial charge in [0.25, 0.3) is 0 Å². The fraction of sp³-hybridized carbons (Fsp3) is 0.600. The molecule has 1 aliphatic carbocycles. The van der Waals surface area contributed by atoms with Crippen LogP contribution >= 0.6 is 0 Å². The summed E-state index contributed by atoms with van der Waals surface area (Å²) in [6.07, 6.45) is 2.74. The predicted octanol–water partition coefficient (Wildman–Crippen LogP) is 2.04. The number of hydrogen-bond donors (Lipinski definition) is 2. The van der Waals surface area contributed by atoms with E-state index in [0.29, 0.717) is 23.8 Å². The van der Waals surface area contributed by atoms with Gasteiger partial charge in [0, 0.05) is 11.6 Å². The molecule has 2 atom stereocenters. The molecular weight excluding hydrogens is 290 g/mol. The van der Waals surface area contributed by atoms with Crippen molar-refractivity contribution in [3.8, 4) is 5.75 Å².